The minimum absolute atomic E-state index is 0.290. The van der Waals surface area contributed by atoms with Crippen molar-refractivity contribution in [1.29, 1.82) is 5.26 Å². The van der Waals surface area contributed by atoms with Crippen molar-refractivity contribution in [2.24, 2.45) is 0 Å². The number of methoxy groups -OCH3 is 1. The van der Waals surface area contributed by atoms with Crippen molar-refractivity contribution in [3.8, 4) is 6.07 Å². The Labute approximate surface area is 117 Å². The number of hydrogen-bond donors (Lipinski definition) is 1. The van der Waals surface area contributed by atoms with E-state index in [9.17, 15) is 5.26 Å². The molecule has 1 saturated carbocycles. The van der Waals surface area contributed by atoms with Crippen molar-refractivity contribution in [3.63, 3.8) is 0 Å². The fraction of sp³-hybridized carbons (Fsp3) is 0.933. The normalized spacial score (nSPS) is 27.1. The average molecular weight is 265 g/mol. The van der Waals surface area contributed by atoms with Crippen LogP contribution in [0.25, 0.3) is 0 Å². The molecule has 1 aliphatic carbocycles. The van der Waals surface area contributed by atoms with Crippen LogP contribution in [0.2, 0.25) is 0 Å². The zero-order chi connectivity index (χ0) is 13.7. The van der Waals surface area contributed by atoms with Crippen LogP contribution in [0.4, 0.5) is 0 Å². The number of hydrogen-bond acceptors (Lipinski definition) is 4. The molecule has 2 unspecified atom stereocenters. The maximum absolute atomic E-state index is 9.48. The summed E-state index contributed by atoms with van der Waals surface area (Å²) in [6.45, 7) is 5.41. The molecule has 0 aromatic heterocycles. The van der Waals surface area contributed by atoms with E-state index in [1.807, 2.05) is 0 Å². The summed E-state index contributed by atoms with van der Waals surface area (Å²) in [5.41, 5.74) is -0.290. The third kappa shape index (κ3) is 4.17. The van der Waals surface area contributed by atoms with Gasteiger partial charge in [-0.1, -0.05) is 6.92 Å². The topological polar surface area (TPSA) is 48.3 Å². The number of nitriles is 1. The molecule has 1 aliphatic heterocycles. The summed E-state index contributed by atoms with van der Waals surface area (Å²) in [5.74, 6) is 0. The third-order valence-corrected chi connectivity index (χ3v) is 4.52. The fourth-order valence-electron chi connectivity index (χ4n) is 2.93. The number of nitrogens with zero attached hydrogens (tertiary/aromatic N) is 2. The number of ether oxygens (including phenoxy) is 1. The summed E-state index contributed by atoms with van der Waals surface area (Å²) < 4.78 is 5.39. The zero-order valence-electron chi connectivity index (χ0n) is 12.3. The monoisotopic (exact) mass is 265 g/mol. The van der Waals surface area contributed by atoms with Crippen LogP contribution in [-0.4, -0.2) is 49.3 Å². The highest BCUT2D eigenvalue weighted by Gasteiger charge is 2.34. The Kier molecular flexibility index (Phi) is 5.20. The van der Waals surface area contributed by atoms with E-state index in [0.717, 1.165) is 45.3 Å². The first kappa shape index (κ1) is 14.8. The molecular weight excluding hydrogens is 238 g/mol. The molecule has 4 heteroatoms. The van der Waals surface area contributed by atoms with Crippen LogP contribution in [0.1, 0.15) is 45.4 Å². The highest BCUT2D eigenvalue weighted by molar-refractivity contribution is 5.09. The fourth-order valence-corrected chi connectivity index (χ4v) is 2.93. The minimum atomic E-state index is -0.290. The van der Waals surface area contributed by atoms with Crippen molar-refractivity contribution in [3.05, 3.63) is 0 Å². The van der Waals surface area contributed by atoms with Gasteiger partial charge in [-0.2, -0.15) is 5.26 Å². The van der Waals surface area contributed by atoms with E-state index in [4.69, 9.17) is 4.74 Å². The van der Waals surface area contributed by atoms with Gasteiger partial charge in [-0.15, -0.1) is 0 Å². The molecule has 4 nitrogen and oxygen atoms in total. The second-order valence-electron chi connectivity index (χ2n) is 6.02. The second kappa shape index (κ2) is 6.69. The molecular formula is C15H27N3O. The van der Waals surface area contributed by atoms with E-state index in [1.54, 1.807) is 7.11 Å². The van der Waals surface area contributed by atoms with Gasteiger partial charge in [0.15, 0.2) is 0 Å². The van der Waals surface area contributed by atoms with Crippen LogP contribution in [0.15, 0.2) is 0 Å². The molecule has 2 aliphatic rings. The lowest BCUT2D eigenvalue weighted by atomic mass is 9.91. The van der Waals surface area contributed by atoms with Crippen molar-refractivity contribution in [2.75, 3.05) is 26.7 Å². The molecule has 19 heavy (non-hydrogen) atoms. The van der Waals surface area contributed by atoms with Gasteiger partial charge in [0.05, 0.1) is 12.2 Å². The van der Waals surface area contributed by atoms with Crippen LogP contribution in [0, 0.1) is 11.3 Å². The lowest BCUT2D eigenvalue weighted by molar-refractivity contribution is 0.107. The molecule has 0 spiro atoms. The van der Waals surface area contributed by atoms with Gasteiger partial charge in [-0.25, -0.2) is 0 Å². The quantitative estimate of drug-likeness (QED) is 0.728. The molecule has 108 valence electrons. The highest BCUT2D eigenvalue weighted by Crippen LogP contribution is 2.27. The Morgan fingerprint density at radius 2 is 2.21 bits per heavy atom. The maximum Gasteiger partial charge on any atom is 0.106 e. The molecule has 1 heterocycles. The zero-order valence-corrected chi connectivity index (χ0v) is 12.3. The van der Waals surface area contributed by atoms with E-state index in [0.29, 0.717) is 12.1 Å². The Bertz CT molecular complexity index is 324. The third-order valence-electron chi connectivity index (χ3n) is 4.52. The molecule has 2 rings (SSSR count). The SMILES string of the molecule is CCC(C#N)(CCCN1CCC(OC)C1)NC1CC1. The van der Waals surface area contributed by atoms with Crippen LogP contribution in [-0.2, 0) is 4.74 Å². The van der Waals surface area contributed by atoms with Crippen molar-refractivity contribution in [1.82, 2.24) is 10.2 Å². The Morgan fingerprint density at radius 3 is 2.74 bits per heavy atom. The largest absolute Gasteiger partial charge is 0.380 e. The lowest BCUT2D eigenvalue weighted by Gasteiger charge is -2.27. The van der Waals surface area contributed by atoms with Crippen LogP contribution >= 0.6 is 0 Å². The minimum Gasteiger partial charge on any atom is -0.380 e. The summed E-state index contributed by atoms with van der Waals surface area (Å²) in [4.78, 5) is 2.46. The standard InChI is InChI=1S/C15H27N3O/c1-3-15(12-16,17-13-5-6-13)8-4-9-18-10-7-14(11-18)19-2/h13-14,17H,3-11H2,1-2H3. The predicted octanol–water partition coefficient (Wildman–Crippen LogP) is 1.91. The Balaban J connectivity index is 1.71. The molecule has 2 fully saturated rings. The molecule has 0 radical (unpaired) electrons. The maximum atomic E-state index is 9.48. The van der Waals surface area contributed by atoms with Gasteiger partial charge in [0.2, 0.25) is 0 Å². The number of rotatable bonds is 8. The summed E-state index contributed by atoms with van der Waals surface area (Å²) in [5, 5.41) is 13.0. The molecule has 1 N–H and O–H groups in total. The first-order valence-corrected chi connectivity index (χ1v) is 7.65. The predicted molar refractivity (Wildman–Crippen MR) is 75.9 cm³/mol. The van der Waals surface area contributed by atoms with Crippen molar-refractivity contribution >= 4 is 0 Å². The summed E-state index contributed by atoms with van der Waals surface area (Å²) in [7, 11) is 1.80. The number of nitrogens with one attached hydrogen (secondary N) is 1. The van der Waals surface area contributed by atoms with Crippen LogP contribution < -0.4 is 5.32 Å². The van der Waals surface area contributed by atoms with Crippen molar-refractivity contribution < 1.29 is 4.74 Å². The molecule has 0 aromatic carbocycles. The summed E-state index contributed by atoms with van der Waals surface area (Å²) in [6.07, 6.45) is 7.00. The van der Waals surface area contributed by atoms with E-state index < -0.39 is 0 Å². The smallest absolute Gasteiger partial charge is 0.106 e. The second-order valence-corrected chi connectivity index (χ2v) is 6.02. The van der Waals surface area contributed by atoms with E-state index in [2.05, 4.69) is 23.2 Å². The highest BCUT2D eigenvalue weighted by atomic mass is 16.5. The van der Waals surface area contributed by atoms with E-state index >= 15 is 0 Å². The summed E-state index contributed by atoms with van der Waals surface area (Å²) in [6, 6.07) is 3.13. The van der Waals surface area contributed by atoms with E-state index in [-0.39, 0.29) is 5.54 Å². The lowest BCUT2D eigenvalue weighted by Crippen LogP contribution is -2.45. The van der Waals surface area contributed by atoms with Gasteiger partial charge in [0, 0.05) is 26.2 Å². The molecule has 0 bridgehead atoms. The molecule has 0 amide bonds. The van der Waals surface area contributed by atoms with Gasteiger partial charge in [0.25, 0.3) is 0 Å². The number of likely N-dealkylation sites (tertiary alicyclic amines) is 1. The van der Waals surface area contributed by atoms with Crippen LogP contribution in [0.3, 0.4) is 0 Å². The average Bonchev–Trinajstić information content (AvgIpc) is 3.13. The molecule has 2 atom stereocenters. The molecule has 0 aromatic rings. The van der Waals surface area contributed by atoms with Gasteiger partial charge < -0.3 is 9.64 Å². The Hall–Kier alpha value is -0.630. The van der Waals surface area contributed by atoms with Gasteiger partial charge in [-0.3, -0.25) is 5.32 Å². The van der Waals surface area contributed by atoms with Gasteiger partial charge in [-0.05, 0) is 45.1 Å². The summed E-state index contributed by atoms with van der Waals surface area (Å²) >= 11 is 0. The molecule has 1 saturated heterocycles. The van der Waals surface area contributed by atoms with Crippen molar-refractivity contribution in [2.45, 2.75) is 63.1 Å². The van der Waals surface area contributed by atoms with Gasteiger partial charge >= 0.3 is 0 Å². The first-order valence-electron chi connectivity index (χ1n) is 7.65. The van der Waals surface area contributed by atoms with Gasteiger partial charge in [0.1, 0.15) is 5.54 Å². The van der Waals surface area contributed by atoms with Crippen LogP contribution in [0.5, 0.6) is 0 Å². The Morgan fingerprint density at radius 1 is 1.42 bits per heavy atom. The first-order chi connectivity index (χ1) is 9.21. The van der Waals surface area contributed by atoms with E-state index in [1.165, 1.54) is 12.8 Å².